The quantitative estimate of drug-likeness (QED) is 0.929. The number of carbonyl (C=O) groups is 1. The summed E-state index contributed by atoms with van der Waals surface area (Å²) in [4.78, 5) is 13.7. The molecule has 2 aliphatic rings. The number of piperidine rings is 1. The van der Waals surface area contributed by atoms with Crippen LogP contribution in [0.15, 0.2) is 24.3 Å². The second-order valence-corrected chi connectivity index (χ2v) is 6.31. The van der Waals surface area contributed by atoms with Crippen molar-refractivity contribution in [2.75, 3.05) is 26.7 Å². The maximum absolute atomic E-state index is 14.1. The Bertz CT molecular complexity index is 562. The lowest BCUT2D eigenvalue weighted by atomic mass is 9.77. The van der Waals surface area contributed by atoms with Gasteiger partial charge in [-0.1, -0.05) is 12.1 Å². The lowest BCUT2D eigenvalue weighted by molar-refractivity contribution is -0.149. The van der Waals surface area contributed by atoms with Crippen LogP contribution in [0.3, 0.4) is 0 Å². The first-order chi connectivity index (χ1) is 10.4. The first kappa shape index (κ1) is 15.2. The normalized spacial score (nSPS) is 27.9. The summed E-state index contributed by atoms with van der Waals surface area (Å²) in [7, 11) is 1.59. The van der Waals surface area contributed by atoms with Crippen molar-refractivity contribution in [1.82, 2.24) is 10.2 Å². The molecule has 6 heteroatoms. The van der Waals surface area contributed by atoms with Crippen LogP contribution in [0.5, 0.6) is 5.75 Å². The maximum atomic E-state index is 14.1. The van der Waals surface area contributed by atoms with E-state index in [1.807, 2.05) is 24.3 Å². The minimum absolute atomic E-state index is 0.230. The molecule has 4 nitrogen and oxygen atoms in total. The first-order valence-corrected chi connectivity index (χ1v) is 7.44. The predicted octanol–water partition coefficient (Wildman–Crippen LogP) is 2.04. The number of hydrogen-bond donors (Lipinski definition) is 1. The Labute approximate surface area is 128 Å². The number of ether oxygens (including phenoxy) is 1. The van der Waals surface area contributed by atoms with E-state index >= 15 is 0 Å². The number of halogens is 2. The van der Waals surface area contributed by atoms with E-state index in [2.05, 4.69) is 5.32 Å². The summed E-state index contributed by atoms with van der Waals surface area (Å²) in [5.41, 5.74) is 0.000799. The molecular weight excluding hydrogens is 290 g/mol. The highest BCUT2D eigenvalue weighted by Gasteiger charge is 2.54. The molecule has 2 saturated heterocycles. The lowest BCUT2D eigenvalue weighted by Crippen LogP contribution is -2.54. The summed E-state index contributed by atoms with van der Waals surface area (Å²) in [6, 6.07) is 7.37. The van der Waals surface area contributed by atoms with E-state index in [4.69, 9.17) is 4.74 Å². The predicted molar refractivity (Wildman–Crippen MR) is 77.9 cm³/mol. The molecular formula is C16H20F2N2O2. The molecule has 0 aromatic heterocycles. The molecule has 0 aliphatic carbocycles. The summed E-state index contributed by atoms with van der Waals surface area (Å²) in [6.45, 7) is 0.994. The highest BCUT2D eigenvalue weighted by Crippen LogP contribution is 2.43. The number of likely N-dealkylation sites (tertiary alicyclic amines) is 1. The maximum Gasteiger partial charge on any atom is 0.261 e. The molecule has 2 aliphatic heterocycles. The summed E-state index contributed by atoms with van der Waals surface area (Å²) in [5.74, 6) is -2.32. The first-order valence-electron chi connectivity index (χ1n) is 7.44. The largest absolute Gasteiger partial charge is 0.497 e. The lowest BCUT2D eigenvalue weighted by Gasteiger charge is -2.42. The van der Waals surface area contributed by atoms with Gasteiger partial charge >= 0.3 is 0 Å². The van der Waals surface area contributed by atoms with Gasteiger partial charge in [-0.25, -0.2) is 8.78 Å². The van der Waals surface area contributed by atoms with Crippen LogP contribution < -0.4 is 10.1 Å². The van der Waals surface area contributed by atoms with Crippen LogP contribution in [-0.2, 0) is 11.3 Å². The van der Waals surface area contributed by atoms with Crippen LogP contribution in [-0.4, -0.2) is 43.5 Å². The average molecular weight is 310 g/mol. The van der Waals surface area contributed by atoms with E-state index in [-0.39, 0.29) is 18.9 Å². The second kappa shape index (κ2) is 5.50. The van der Waals surface area contributed by atoms with Crippen LogP contribution in [0.2, 0.25) is 0 Å². The highest BCUT2D eigenvalue weighted by molar-refractivity contribution is 5.85. The fraction of sp³-hybridized carbons (Fsp3) is 0.562. The van der Waals surface area contributed by atoms with Crippen molar-refractivity contribution in [2.24, 2.45) is 5.41 Å². The molecule has 1 atom stereocenters. The monoisotopic (exact) mass is 310 g/mol. The Balaban J connectivity index is 1.76. The number of hydrogen-bond acceptors (Lipinski definition) is 3. The number of nitrogens with one attached hydrogen (secondary N) is 1. The van der Waals surface area contributed by atoms with Gasteiger partial charge in [0, 0.05) is 26.1 Å². The van der Waals surface area contributed by atoms with Crippen molar-refractivity contribution in [3.63, 3.8) is 0 Å². The molecule has 1 spiro atoms. The van der Waals surface area contributed by atoms with E-state index in [9.17, 15) is 13.6 Å². The van der Waals surface area contributed by atoms with Gasteiger partial charge in [0.15, 0.2) is 0 Å². The third kappa shape index (κ3) is 2.92. The Morgan fingerprint density at radius 1 is 1.27 bits per heavy atom. The minimum Gasteiger partial charge on any atom is -0.497 e. The minimum atomic E-state index is -2.83. The molecule has 0 bridgehead atoms. The second-order valence-electron chi connectivity index (χ2n) is 6.31. The van der Waals surface area contributed by atoms with E-state index in [1.165, 1.54) is 0 Å². The fourth-order valence-corrected chi connectivity index (χ4v) is 3.55. The van der Waals surface area contributed by atoms with Crippen molar-refractivity contribution in [1.29, 1.82) is 0 Å². The van der Waals surface area contributed by atoms with Crippen LogP contribution in [0.25, 0.3) is 0 Å². The molecule has 0 unspecified atom stereocenters. The number of alkyl halides is 2. The van der Waals surface area contributed by atoms with Crippen LogP contribution >= 0.6 is 0 Å². The summed E-state index contributed by atoms with van der Waals surface area (Å²) < 4.78 is 33.3. The van der Waals surface area contributed by atoms with E-state index < -0.39 is 11.3 Å². The zero-order valence-electron chi connectivity index (χ0n) is 12.6. The van der Waals surface area contributed by atoms with Crippen molar-refractivity contribution in [2.45, 2.75) is 25.3 Å². The molecule has 0 radical (unpaired) electrons. The molecule has 120 valence electrons. The smallest absolute Gasteiger partial charge is 0.261 e. The topological polar surface area (TPSA) is 41.6 Å². The SMILES string of the molecule is COc1ccc(CN2CC(F)(F)C[C@@]3(CCNC3=O)C2)cc1. The number of methoxy groups -OCH3 is 1. The Morgan fingerprint density at radius 2 is 2.00 bits per heavy atom. The van der Waals surface area contributed by atoms with Crippen molar-refractivity contribution < 1.29 is 18.3 Å². The molecule has 1 aromatic rings. The summed E-state index contributed by atoms with van der Waals surface area (Å²) >= 11 is 0. The van der Waals surface area contributed by atoms with Gasteiger partial charge in [0.05, 0.1) is 19.1 Å². The number of benzene rings is 1. The average Bonchev–Trinajstić information content (AvgIpc) is 2.78. The van der Waals surface area contributed by atoms with Gasteiger partial charge in [-0.2, -0.15) is 0 Å². The van der Waals surface area contributed by atoms with E-state index in [0.29, 0.717) is 26.1 Å². The molecule has 1 N–H and O–H groups in total. The molecule has 2 fully saturated rings. The molecule has 1 aromatic carbocycles. The Kier molecular flexibility index (Phi) is 3.80. The Morgan fingerprint density at radius 3 is 2.59 bits per heavy atom. The Hall–Kier alpha value is -1.69. The fourth-order valence-electron chi connectivity index (χ4n) is 3.55. The standard InChI is InChI=1S/C16H20F2N2O2/c1-22-13-4-2-12(3-5-13)8-20-10-15(6-7-19-14(15)21)9-16(17,18)11-20/h2-5H,6-11H2,1H3,(H,19,21)/t15-/m0/s1. The molecule has 1 amide bonds. The van der Waals surface area contributed by atoms with Crippen molar-refractivity contribution in [3.8, 4) is 5.75 Å². The zero-order valence-corrected chi connectivity index (χ0v) is 12.6. The number of amides is 1. The van der Waals surface area contributed by atoms with E-state index in [0.717, 1.165) is 11.3 Å². The number of rotatable bonds is 3. The molecule has 0 saturated carbocycles. The summed E-state index contributed by atoms with van der Waals surface area (Å²) in [6.07, 6.45) is 0.144. The van der Waals surface area contributed by atoms with Crippen LogP contribution in [0.4, 0.5) is 8.78 Å². The van der Waals surface area contributed by atoms with Gasteiger partial charge < -0.3 is 10.1 Å². The van der Waals surface area contributed by atoms with Crippen LogP contribution in [0, 0.1) is 5.41 Å². The van der Waals surface area contributed by atoms with Crippen LogP contribution in [0.1, 0.15) is 18.4 Å². The molecule has 22 heavy (non-hydrogen) atoms. The van der Waals surface area contributed by atoms with Gasteiger partial charge in [0.25, 0.3) is 5.92 Å². The van der Waals surface area contributed by atoms with Gasteiger partial charge in [-0.3, -0.25) is 9.69 Å². The molecule has 3 rings (SSSR count). The van der Waals surface area contributed by atoms with Gasteiger partial charge in [0.1, 0.15) is 5.75 Å². The van der Waals surface area contributed by atoms with E-state index in [1.54, 1.807) is 12.0 Å². The highest BCUT2D eigenvalue weighted by atomic mass is 19.3. The van der Waals surface area contributed by atoms with Gasteiger partial charge in [-0.15, -0.1) is 0 Å². The summed E-state index contributed by atoms with van der Waals surface area (Å²) in [5, 5.41) is 2.70. The zero-order chi connectivity index (χ0) is 15.8. The number of nitrogens with zero attached hydrogens (tertiary/aromatic N) is 1. The van der Waals surface area contributed by atoms with Crippen molar-refractivity contribution in [3.05, 3.63) is 29.8 Å². The third-order valence-corrected chi connectivity index (χ3v) is 4.51. The number of carbonyl (C=O) groups excluding carboxylic acids is 1. The molecule has 2 heterocycles. The third-order valence-electron chi connectivity index (χ3n) is 4.51. The van der Waals surface area contributed by atoms with Gasteiger partial charge in [0.2, 0.25) is 5.91 Å². The van der Waals surface area contributed by atoms with Gasteiger partial charge in [-0.05, 0) is 24.1 Å². The van der Waals surface area contributed by atoms with Crippen molar-refractivity contribution >= 4 is 5.91 Å².